The fourth-order valence-electron chi connectivity index (χ4n) is 2.31. The number of para-hydroxylation sites is 1. The van der Waals surface area contributed by atoms with Gasteiger partial charge in [-0.1, -0.05) is 48.5 Å². The van der Waals surface area contributed by atoms with Gasteiger partial charge in [-0.05, 0) is 11.6 Å². The molecular weight excluding hydrogens is 270 g/mol. The van der Waals surface area contributed by atoms with Crippen molar-refractivity contribution in [1.29, 1.82) is 0 Å². The predicted octanol–water partition coefficient (Wildman–Crippen LogP) is 3.31. The van der Waals surface area contributed by atoms with Crippen molar-refractivity contribution < 1.29 is 8.42 Å². The van der Waals surface area contributed by atoms with Gasteiger partial charge in [-0.15, -0.1) is 0 Å². The average molecular weight is 283 g/mol. The summed E-state index contributed by atoms with van der Waals surface area (Å²) in [5.74, 6) is 0. The summed E-state index contributed by atoms with van der Waals surface area (Å²) in [7, 11) is -3.34. The van der Waals surface area contributed by atoms with Crippen molar-refractivity contribution in [2.24, 2.45) is 0 Å². The highest BCUT2D eigenvalue weighted by atomic mass is 32.2. The van der Waals surface area contributed by atoms with Gasteiger partial charge in [0.05, 0.1) is 10.4 Å². The first-order valence-corrected chi connectivity index (χ1v) is 8.10. The molecule has 0 saturated carbocycles. The molecule has 0 radical (unpaired) electrons. The summed E-state index contributed by atoms with van der Waals surface area (Å²) < 4.78 is 24.1. The first-order valence-electron chi connectivity index (χ1n) is 6.20. The predicted molar refractivity (Wildman–Crippen MR) is 80.3 cm³/mol. The topological polar surface area (TPSA) is 47.0 Å². The monoisotopic (exact) mass is 283 g/mol. The Hall–Kier alpha value is -2.20. The van der Waals surface area contributed by atoms with E-state index in [0.29, 0.717) is 0 Å². The largest absolute Gasteiger partial charge is 0.255 e. The van der Waals surface area contributed by atoms with Crippen LogP contribution in [0.1, 0.15) is 0 Å². The van der Waals surface area contributed by atoms with Gasteiger partial charge in [0, 0.05) is 23.4 Å². The van der Waals surface area contributed by atoms with Crippen LogP contribution in [0.25, 0.3) is 22.0 Å². The number of benzene rings is 2. The molecule has 0 amide bonds. The second kappa shape index (κ2) is 4.72. The van der Waals surface area contributed by atoms with Crippen LogP contribution in [0.5, 0.6) is 0 Å². The van der Waals surface area contributed by atoms with Crippen molar-refractivity contribution in [3.63, 3.8) is 0 Å². The minimum atomic E-state index is -3.34. The van der Waals surface area contributed by atoms with E-state index in [9.17, 15) is 8.42 Å². The van der Waals surface area contributed by atoms with Crippen molar-refractivity contribution in [3.05, 3.63) is 60.8 Å². The molecule has 0 aliphatic heterocycles. The smallest absolute Gasteiger partial charge is 0.177 e. The number of sulfone groups is 1. The van der Waals surface area contributed by atoms with Crippen molar-refractivity contribution in [2.75, 3.05) is 6.26 Å². The fourth-order valence-corrected chi connectivity index (χ4v) is 3.15. The number of fused-ring (bicyclic) bond motifs is 1. The van der Waals surface area contributed by atoms with Crippen molar-refractivity contribution >= 4 is 20.7 Å². The molecule has 100 valence electrons. The number of hydrogen-bond acceptors (Lipinski definition) is 3. The number of nitrogens with zero attached hydrogens (tertiary/aromatic N) is 1. The van der Waals surface area contributed by atoms with Crippen molar-refractivity contribution in [3.8, 4) is 11.1 Å². The van der Waals surface area contributed by atoms with Crippen molar-refractivity contribution in [2.45, 2.75) is 4.90 Å². The van der Waals surface area contributed by atoms with Crippen LogP contribution >= 0.6 is 0 Å². The van der Waals surface area contributed by atoms with E-state index in [1.807, 2.05) is 54.6 Å². The maximum atomic E-state index is 12.0. The fraction of sp³-hybridized carbons (Fsp3) is 0.0625. The summed E-state index contributed by atoms with van der Waals surface area (Å²) in [6.45, 7) is 0. The van der Waals surface area contributed by atoms with Crippen LogP contribution in [0.4, 0.5) is 0 Å². The molecule has 0 atom stereocenters. The van der Waals surface area contributed by atoms with E-state index in [1.165, 1.54) is 12.5 Å². The summed E-state index contributed by atoms with van der Waals surface area (Å²) >= 11 is 0. The van der Waals surface area contributed by atoms with E-state index in [4.69, 9.17) is 0 Å². The lowest BCUT2D eigenvalue weighted by Gasteiger charge is -2.11. The molecule has 4 heteroatoms. The second-order valence-corrected chi connectivity index (χ2v) is 6.64. The van der Waals surface area contributed by atoms with Crippen molar-refractivity contribution in [1.82, 2.24) is 4.98 Å². The van der Waals surface area contributed by atoms with Gasteiger partial charge in [0.25, 0.3) is 0 Å². The highest BCUT2D eigenvalue weighted by molar-refractivity contribution is 7.90. The molecular formula is C16H13NO2S. The molecule has 3 nitrogen and oxygen atoms in total. The third kappa shape index (κ3) is 2.18. The zero-order valence-corrected chi connectivity index (χ0v) is 11.8. The molecule has 3 rings (SSSR count). The van der Waals surface area contributed by atoms with E-state index in [1.54, 1.807) is 0 Å². The molecule has 0 N–H and O–H groups in total. The van der Waals surface area contributed by atoms with Gasteiger partial charge in [-0.25, -0.2) is 8.42 Å². The zero-order chi connectivity index (χ0) is 14.2. The summed E-state index contributed by atoms with van der Waals surface area (Å²) in [4.78, 5) is 4.52. The first kappa shape index (κ1) is 12.8. The third-order valence-corrected chi connectivity index (χ3v) is 4.31. The number of aromatic nitrogens is 1. The van der Waals surface area contributed by atoms with Crippen LogP contribution in [-0.2, 0) is 9.84 Å². The SMILES string of the molecule is CS(=O)(=O)c1cnc2ccccc2c1-c1ccccc1. The Morgan fingerprint density at radius 3 is 2.25 bits per heavy atom. The van der Waals surface area contributed by atoms with Gasteiger partial charge >= 0.3 is 0 Å². The van der Waals surface area contributed by atoms with E-state index < -0.39 is 9.84 Å². The number of pyridine rings is 1. The highest BCUT2D eigenvalue weighted by Gasteiger charge is 2.18. The first-order chi connectivity index (χ1) is 9.57. The molecule has 1 aromatic heterocycles. The standard InChI is InChI=1S/C16H13NO2S/c1-20(18,19)15-11-17-14-10-6-5-9-13(14)16(15)12-7-3-2-4-8-12/h2-11H,1H3. The van der Waals surface area contributed by atoms with E-state index >= 15 is 0 Å². The van der Waals surface area contributed by atoms with Gasteiger partial charge in [0.1, 0.15) is 0 Å². The Morgan fingerprint density at radius 1 is 0.900 bits per heavy atom. The van der Waals surface area contributed by atoms with Crippen LogP contribution in [0.3, 0.4) is 0 Å². The molecule has 0 spiro atoms. The van der Waals surface area contributed by atoms with Gasteiger partial charge in [0.15, 0.2) is 9.84 Å². The molecule has 1 heterocycles. The third-order valence-electron chi connectivity index (χ3n) is 3.20. The molecule has 0 aliphatic carbocycles. The summed E-state index contributed by atoms with van der Waals surface area (Å²) in [5, 5.41) is 0.849. The number of rotatable bonds is 2. The van der Waals surface area contributed by atoms with Crippen LogP contribution < -0.4 is 0 Å². The van der Waals surface area contributed by atoms with Gasteiger partial charge in [-0.2, -0.15) is 0 Å². The highest BCUT2D eigenvalue weighted by Crippen LogP contribution is 2.33. The maximum Gasteiger partial charge on any atom is 0.177 e. The summed E-state index contributed by atoms with van der Waals surface area (Å²) in [6.07, 6.45) is 2.66. The lowest BCUT2D eigenvalue weighted by atomic mass is 10.0. The molecule has 0 saturated heterocycles. The quantitative estimate of drug-likeness (QED) is 0.725. The van der Waals surface area contributed by atoms with Crippen LogP contribution in [-0.4, -0.2) is 19.7 Å². The normalized spacial score (nSPS) is 11.7. The Kier molecular flexibility index (Phi) is 3.03. The molecule has 20 heavy (non-hydrogen) atoms. The molecule has 0 aliphatic rings. The van der Waals surface area contributed by atoms with Gasteiger partial charge < -0.3 is 0 Å². The maximum absolute atomic E-state index is 12.0. The van der Waals surface area contributed by atoms with Crippen LogP contribution in [0, 0.1) is 0 Å². The lowest BCUT2D eigenvalue weighted by Crippen LogP contribution is -2.02. The minimum Gasteiger partial charge on any atom is -0.255 e. The van der Waals surface area contributed by atoms with E-state index in [0.717, 1.165) is 22.0 Å². The molecule has 0 fully saturated rings. The Bertz CT molecular complexity index is 871. The number of hydrogen-bond donors (Lipinski definition) is 0. The average Bonchev–Trinajstić information content (AvgIpc) is 2.46. The molecule has 0 bridgehead atoms. The Morgan fingerprint density at radius 2 is 1.55 bits per heavy atom. The Labute approximate surface area is 117 Å². The van der Waals surface area contributed by atoms with Gasteiger partial charge in [0.2, 0.25) is 0 Å². The van der Waals surface area contributed by atoms with Gasteiger partial charge in [-0.3, -0.25) is 4.98 Å². The summed E-state index contributed by atoms with van der Waals surface area (Å²) in [6, 6.07) is 17.1. The molecule has 3 aromatic rings. The Balaban J connectivity index is 2.48. The van der Waals surface area contributed by atoms with E-state index in [-0.39, 0.29) is 4.90 Å². The summed E-state index contributed by atoms with van der Waals surface area (Å²) in [5.41, 5.74) is 2.39. The molecule has 2 aromatic carbocycles. The second-order valence-electron chi connectivity index (χ2n) is 4.65. The van der Waals surface area contributed by atoms with Crippen LogP contribution in [0.2, 0.25) is 0 Å². The zero-order valence-electron chi connectivity index (χ0n) is 10.9. The van der Waals surface area contributed by atoms with E-state index in [2.05, 4.69) is 4.98 Å². The van der Waals surface area contributed by atoms with Crippen LogP contribution in [0.15, 0.2) is 65.7 Å². The minimum absolute atomic E-state index is 0.266. The molecule has 0 unspecified atom stereocenters. The lowest BCUT2D eigenvalue weighted by molar-refractivity contribution is 0.602.